The number of rotatable bonds is 6. The molecule has 122 valence electrons. The topological polar surface area (TPSA) is 84.2 Å². The molecule has 2 aromatic rings. The largest absolute Gasteiger partial charge is 0.411 e. The number of nitrogens with zero attached hydrogens (tertiary/aromatic N) is 5. The predicted octanol–water partition coefficient (Wildman–Crippen LogP) is 3.21. The van der Waals surface area contributed by atoms with Crippen LogP contribution in [0.3, 0.4) is 0 Å². The van der Waals surface area contributed by atoms with E-state index in [1.165, 1.54) is 23.5 Å². The van der Waals surface area contributed by atoms with Crippen molar-refractivity contribution >= 4 is 29.2 Å². The minimum atomic E-state index is 0.525. The van der Waals surface area contributed by atoms with Crippen LogP contribution >= 0.6 is 23.5 Å². The van der Waals surface area contributed by atoms with Gasteiger partial charge in [-0.1, -0.05) is 28.7 Å². The molecule has 2 heterocycles. The molecule has 2 aromatic heterocycles. The molecule has 23 heavy (non-hydrogen) atoms. The fraction of sp³-hybridized carbons (Fsp3) is 0.400. The fourth-order valence-electron chi connectivity index (χ4n) is 1.91. The van der Waals surface area contributed by atoms with Gasteiger partial charge in [-0.3, -0.25) is 0 Å². The molecular weight excluding hydrogens is 330 g/mol. The molecule has 8 heteroatoms. The van der Waals surface area contributed by atoms with Crippen LogP contribution < -0.4 is 0 Å². The smallest absolute Gasteiger partial charge is 0.188 e. The maximum atomic E-state index is 9.18. The van der Waals surface area contributed by atoms with Crippen LogP contribution in [0.1, 0.15) is 22.8 Å². The van der Waals surface area contributed by atoms with Gasteiger partial charge >= 0.3 is 0 Å². The molecule has 6 nitrogen and oxygen atoms in total. The second kappa shape index (κ2) is 8.26. The van der Waals surface area contributed by atoms with Crippen molar-refractivity contribution in [3.05, 3.63) is 34.9 Å². The summed E-state index contributed by atoms with van der Waals surface area (Å²) in [5.41, 5.74) is 4.37. The van der Waals surface area contributed by atoms with Crippen LogP contribution in [0.2, 0.25) is 0 Å². The van der Waals surface area contributed by atoms with Gasteiger partial charge in [0.25, 0.3) is 0 Å². The van der Waals surface area contributed by atoms with Crippen molar-refractivity contribution in [2.75, 3.05) is 11.5 Å². The van der Waals surface area contributed by atoms with Crippen molar-refractivity contribution in [1.29, 1.82) is 0 Å². The van der Waals surface area contributed by atoms with Crippen LogP contribution in [0.15, 0.2) is 27.6 Å². The minimum absolute atomic E-state index is 0.525. The molecule has 0 aliphatic heterocycles. The third kappa shape index (κ3) is 5.80. The van der Waals surface area contributed by atoms with E-state index >= 15 is 0 Å². The third-order valence-corrected chi connectivity index (χ3v) is 4.64. The Hall–Kier alpha value is -1.67. The van der Waals surface area contributed by atoms with Gasteiger partial charge in [-0.25, -0.2) is 19.9 Å². The molecule has 0 fully saturated rings. The average molecular weight is 349 g/mol. The normalized spacial score (nSPS) is 10.6. The van der Waals surface area contributed by atoms with Crippen molar-refractivity contribution < 1.29 is 5.21 Å². The summed E-state index contributed by atoms with van der Waals surface area (Å²) in [6.07, 6.45) is 0. The van der Waals surface area contributed by atoms with Gasteiger partial charge in [0.2, 0.25) is 0 Å². The van der Waals surface area contributed by atoms with Crippen molar-refractivity contribution in [3.63, 3.8) is 0 Å². The lowest BCUT2D eigenvalue weighted by atomic mass is 10.4. The van der Waals surface area contributed by atoms with Gasteiger partial charge in [0.05, 0.1) is 5.71 Å². The monoisotopic (exact) mass is 349 g/mol. The third-order valence-electron chi connectivity index (χ3n) is 2.80. The molecule has 0 amide bonds. The summed E-state index contributed by atoms with van der Waals surface area (Å²) in [5, 5.41) is 13.9. The molecule has 0 aromatic carbocycles. The maximum Gasteiger partial charge on any atom is 0.188 e. The second-order valence-electron chi connectivity index (χ2n) is 5.11. The van der Waals surface area contributed by atoms with Crippen molar-refractivity contribution in [1.82, 2.24) is 19.9 Å². The molecule has 0 spiro atoms. The maximum absolute atomic E-state index is 9.18. The Morgan fingerprint density at radius 3 is 1.48 bits per heavy atom. The van der Waals surface area contributed by atoms with Gasteiger partial charge in [0, 0.05) is 34.3 Å². The zero-order chi connectivity index (χ0) is 16.8. The summed E-state index contributed by atoms with van der Waals surface area (Å²) in [5.74, 6) is 1.05. The molecule has 0 radical (unpaired) electrons. The van der Waals surface area contributed by atoms with Crippen LogP contribution in [0, 0.1) is 27.7 Å². The van der Waals surface area contributed by atoms with E-state index in [0.29, 0.717) is 27.5 Å². The number of hydrogen-bond donors (Lipinski definition) is 1. The summed E-state index contributed by atoms with van der Waals surface area (Å²) >= 11 is 2.91. The zero-order valence-electron chi connectivity index (χ0n) is 13.6. The number of oxime groups is 1. The van der Waals surface area contributed by atoms with Gasteiger partial charge in [-0.15, -0.1) is 0 Å². The lowest BCUT2D eigenvalue weighted by Gasteiger charge is -2.05. The Balaban J connectivity index is 1.93. The SMILES string of the molecule is Cc1cc(C)nc(SCC(CSc2nc(C)cc(C)n2)=NO)n1. The Bertz CT molecular complexity index is 623. The van der Waals surface area contributed by atoms with E-state index in [0.717, 1.165) is 22.8 Å². The fourth-order valence-corrected chi connectivity index (χ4v) is 3.79. The van der Waals surface area contributed by atoms with Gasteiger partial charge < -0.3 is 5.21 Å². The van der Waals surface area contributed by atoms with Crippen LogP contribution in [0.4, 0.5) is 0 Å². The highest BCUT2D eigenvalue weighted by molar-refractivity contribution is 8.01. The summed E-state index contributed by atoms with van der Waals surface area (Å²) in [4.78, 5) is 17.5. The highest BCUT2D eigenvalue weighted by atomic mass is 32.2. The molecule has 2 rings (SSSR count). The molecule has 0 saturated heterocycles. The predicted molar refractivity (Wildman–Crippen MR) is 93.7 cm³/mol. The van der Waals surface area contributed by atoms with E-state index in [-0.39, 0.29) is 0 Å². The number of thioether (sulfide) groups is 2. The van der Waals surface area contributed by atoms with Crippen molar-refractivity contribution in [2.45, 2.75) is 38.0 Å². The molecule has 0 bridgehead atoms. The molecule has 0 aliphatic rings. The van der Waals surface area contributed by atoms with Crippen molar-refractivity contribution in [2.24, 2.45) is 5.16 Å². The first-order chi connectivity index (χ1) is 11.0. The summed E-state index contributed by atoms with van der Waals surface area (Å²) in [6.45, 7) is 7.75. The highest BCUT2D eigenvalue weighted by Gasteiger charge is 2.08. The first-order valence-electron chi connectivity index (χ1n) is 7.06. The molecule has 0 unspecified atom stereocenters. The van der Waals surface area contributed by atoms with E-state index < -0.39 is 0 Å². The molecule has 1 N–H and O–H groups in total. The van der Waals surface area contributed by atoms with Crippen LogP contribution in [0.25, 0.3) is 0 Å². The number of aryl methyl sites for hydroxylation is 4. The molecule has 0 aliphatic carbocycles. The molecule has 0 saturated carbocycles. The lowest BCUT2D eigenvalue weighted by molar-refractivity contribution is 0.318. The van der Waals surface area contributed by atoms with Crippen molar-refractivity contribution in [3.8, 4) is 0 Å². The second-order valence-corrected chi connectivity index (χ2v) is 7.00. The Labute approximate surface area is 144 Å². The van der Waals surface area contributed by atoms with E-state index in [1.54, 1.807) is 0 Å². The quantitative estimate of drug-likeness (QED) is 0.282. The Kier molecular flexibility index (Phi) is 6.35. The van der Waals surface area contributed by atoms with E-state index in [2.05, 4.69) is 25.1 Å². The average Bonchev–Trinajstić information content (AvgIpc) is 2.45. The van der Waals surface area contributed by atoms with Crippen LogP contribution in [-0.4, -0.2) is 42.4 Å². The Morgan fingerprint density at radius 1 is 0.826 bits per heavy atom. The van der Waals surface area contributed by atoms with E-state index in [9.17, 15) is 5.21 Å². The summed E-state index contributed by atoms with van der Waals surface area (Å²) in [7, 11) is 0. The van der Waals surface area contributed by atoms with Crippen LogP contribution in [0.5, 0.6) is 0 Å². The van der Waals surface area contributed by atoms with Gasteiger partial charge in [-0.05, 0) is 39.8 Å². The number of hydrogen-bond acceptors (Lipinski definition) is 8. The van der Waals surface area contributed by atoms with Gasteiger partial charge in [-0.2, -0.15) is 0 Å². The van der Waals surface area contributed by atoms with E-state index in [4.69, 9.17) is 0 Å². The van der Waals surface area contributed by atoms with Gasteiger partial charge in [0.1, 0.15) is 0 Å². The van der Waals surface area contributed by atoms with Gasteiger partial charge in [0.15, 0.2) is 10.3 Å². The first-order valence-corrected chi connectivity index (χ1v) is 9.03. The zero-order valence-corrected chi connectivity index (χ0v) is 15.2. The highest BCUT2D eigenvalue weighted by Crippen LogP contribution is 2.18. The first kappa shape index (κ1) is 17.7. The molecule has 0 atom stereocenters. The van der Waals surface area contributed by atoms with E-state index in [1.807, 2.05) is 39.8 Å². The van der Waals surface area contributed by atoms with Crippen LogP contribution in [-0.2, 0) is 0 Å². The number of aromatic nitrogens is 4. The molecular formula is C15H19N5OS2. The Morgan fingerprint density at radius 2 is 1.17 bits per heavy atom. The standard InChI is InChI=1S/C15H19N5OS2/c1-9-5-10(2)17-14(16-9)22-7-13(20-21)8-23-15-18-11(3)6-12(4)19-15/h5-6,21H,7-8H2,1-4H3. The lowest BCUT2D eigenvalue weighted by Crippen LogP contribution is -2.08. The minimum Gasteiger partial charge on any atom is -0.411 e. The summed E-state index contributed by atoms with van der Waals surface area (Å²) < 4.78 is 0. The summed E-state index contributed by atoms with van der Waals surface area (Å²) in [6, 6.07) is 3.86.